The molecule has 0 amide bonds. The predicted molar refractivity (Wildman–Crippen MR) is 98.8 cm³/mol. The molecule has 6 nitrogen and oxygen atoms in total. The highest BCUT2D eigenvalue weighted by atomic mass is 16.5. The van der Waals surface area contributed by atoms with Crippen molar-refractivity contribution in [2.75, 3.05) is 13.7 Å². The molecule has 0 radical (unpaired) electrons. The normalized spacial score (nSPS) is 20.5. The van der Waals surface area contributed by atoms with Gasteiger partial charge in [-0.25, -0.2) is 0 Å². The fourth-order valence-electron chi connectivity index (χ4n) is 3.75. The monoisotopic (exact) mass is 359 g/mol. The Bertz CT molecular complexity index is 709. The van der Waals surface area contributed by atoms with E-state index in [-0.39, 0.29) is 6.04 Å². The number of hydrogen-bond donors (Lipinski definition) is 1. The summed E-state index contributed by atoms with van der Waals surface area (Å²) in [5.74, 6) is 2.66. The molecule has 0 saturated carbocycles. The van der Waals surface area contributed by atoms with Crippen LogP contribution in [0.3, 0.4) is 0 Å². The Balaban J connectivity index is 1.73. The van der Waals surface area contributed by atoms with Gasteiger partial charge in [0.15, 0.2) is 5.82 Å². The van der Waals surface area contributed by atoms with E-state index in [4.69, 9.17) is 9.26 Å². The van der Waals surface area contributed by atoms with Crippen LogP contribution in [0.15, 0.2) is 28.8 Å². The van der Waals surface area contributed by atoms with E-state index in [1.54, 1.807) is 7.11 Å². The molecule has 142 valence electrons. The number of methoxy groups -OCH3 is 1. The van der Waals surface area contributed by atoms with Crippen LogP contribution in [-0.4, -0.2) is 39.8 Å². The molecule has 1 aliphatic rings. The molecule has 26 heavy (non-hydrogen) atoms. The summed E-state index contributed by atoms with van der Waals surface area (Å²) in [5.41, 5.74) is -0.0648. The van der Waals surface area contributed by atoms with Crippen molar-refractivity contribution in [3.05, 3.63) is 41.5 Å². The predicted octanol–water partition coefficient (Wildman–Crippen LogP) is 3.15. The van der Waals surface area contributed by atoms with E-state index >= 15 is 0 Å². The molecule has 3 rings (SSSR count). The molecule has 2 aromatic rings. The summed E-state index contributed by atoms with van der Waals surface area (Å²) in [5, 5.41) is 15.3. The van der Waals surface area contributed by atoms with Crippen LogP contribution in [0, 0.1) is 5.92 Å². The first-order valence-corrected chi connectivity index (χ1v) is 9.32. The van der Waals surface area contributed by atoms with Gasteiger partial charge in [0.25, 0.3) is 0 Å². The van der Waals surface area contributed by atoms with E-state index in [2.05, 4.69) is 28.9 Å². The molecular formula is C20H29N3O3. The highest BCUT2D eigenvalue weighted by Gasteiger charge is 2.41. The van der Waals surface area contributed by atoms with Crippen molar-refractivity contribution in [1.29, 1.82) is 0 Å². The zero-order chi connectivity index (χ0) is 18.7. The first-order chi connectivity index (χ1) is 12.4. The molecule has 0 unspecified atom stereocenters. The highest BCUT2D eigenvalue weighted by molar-refractivity contribution is 5.31. The Kier molecular flexibility index (Phi) is 5.63. The molecule has 1 aromatic carbocycles. The van der Waals surface area contributed by atoms with Gasteiger partial charge in [-0.05, 0) is 49.9 Å². The summed E-state index contributed by atoms with van der Waals surface area (Å²) >= 11 is 0. The van der Waals surface area contributed by atoms with Gasteiger partial charge >= 0.3 is 0 Å². The molecule has 1 saturated heterocycles. The van der Waals surface area contributed by atoms with Gasteiger partial charge in [-0.15, -0.1) is 0 Å². The lowest BCUT2D eigenvalue weighted by molar-refractivity contribution is -0.0278. The minimum atomic E-state index is -0.955. The molecule has 1 N–H and O–H groups in total. The third kappa shape index (κ3) is 4.07. The zero-order valence-electron chi connectivity index (χ0n) is 16.1. The minimum absolute atomic E-state index is 0.0105. The summed E-state index contributed by atoms with van der Waals surface area (Å²) in [4.78, 5) is 6.76. The molecule has 1 aliphatic heterocycles. The lowest BCUT2D eigenvalue weighted by Gasteiger charge is -2.36. The molecule has 1 fully saturated rings. The highest BCUT2D eigenvalue weighted by Crippen LogP contribution is 2.36. The molecular weight excluding hydrogens is 330 g/mol. The minimum Gasteiger partial charge on any atom is -0.497 e. The summed E-state index contributed by atoms with van der Waals surface area (Å²) in [6, 6.07) is 7.65. The number of nitrogens with zero attached hydrogens (tertiary/aromatic N) is 3. The zero-order valence-corrected chi connectivity index (χ0v) is 16.1. The number of likely N-dealkylation sites (tertiary alicyclic amines) is 1. The largest absolute Gasteiger partial charge is 0.497 e. The van der Waals surface area contributed by atoms with Crippen LogP contribution >= 0.6 is 0 Å². The Morgan fingerprint density at radius 2 is 2.08 bits per heavy atom. The van der Waals surface area contributed by atoms with E-state index in [0.29, 0.717) is 18.4 Å². The molecule has 6 heteroatoms. The second-order valence-electron chi connectivity index (χ2n) is 7.71. The Hall–Kier alpha value is -1.92. The van der Waals surface area contributed by atoms with Crippen LogP contribution < -0.4 is 4.74 Å². The quantitative estimate of drug-likeness (QED) is 0.819. The van der Waals surface area contributed by atoms with Gasteiger partial charge in [0.2, 0.25) is 5.89 Å². The van der Waals surface area contributed by atoms with Crippen molar-refractivity contribution in [3.63, 3.8) is 0 Å². The lowest BCUT2D eigenvalue weighted by Crippen LogP contribution is -2.45. The molecule has 0 aliphatic carbocycles. The van der Waals surface area contributed by atoms with Crippen molar-refractivity contribution >= 4 is 0 Å². The van der Waals surface area contributed by atoms with Crippen molar-refractivity contribution < 1.29 is 14.4 Å². The summed E-state index contributed by atoms with van der Waals surface area (Å²) < 4.78 is 10.6. The van der Waals surface area contributed by atoms with Gasteiger partial charge in [0.1, 0.15) is 11.4 Å². The van der Waals surface area contributed by atoms with Crippen LogP contribution in [0.2, 0.25) is 0 Å². The first kappa shape index (κ1) is 18.9. The fourth-order valence-corrected chi connectivity index (χ4v) is 3.75. The van der Waals surface area contributed by atoms with Crippen LogP contribution in [-0.2, 0) is 18.6 Å². The molecule has 1 aromatic heterocycles. The third-order valence-corrected chi connectivity index (χ3v) is 5.13. The number of ether oxygens (including phenoxy) is 1. The Morgan fingerprint density at radius 3 is 2.73 bits per heavy atom. The SMILES string of the molecule is COc1ccc([C@](C)(O)[C@@H]2CCCN2Cc2nc(CC(C)C)no2)cc1. The molecule has 2 heterocycles. The molecule has 0 spiro atoms. The number of aromatic nitrogens is 2. The van der Waals surface area contributed by atoms with Crippen LogP contribution in [0.4, 0.5) is 0 Å². The van der Waals surface area contributed by atoms with Crippen molar-refractivity contribution in [3.8, 4) is 5.75 Å². The second-order valence-corrected chi connectivity index (χ2v) is 7.71. The van der Waals surface area contributed by atoms with Crippen LogP contribution in [0.5, 0.6) is 5.75 Å². The molecule has 0 bridgehead atoms. The Labute approximate surface area is 155 Å². The average Bonchev–Trinajstić information content (AvgIpc) is 3.24. The van der Waals surface area contributed by atoms with E-state index in [9.17, 15) is 5.11 Å². The van der Waals surface area contributed by atoms with Crippen LogP contribution in [0.25, 0.3) is 0 Å². The Morgan fingerprint density at radius 1 is 1.35 bits per heavy atom. The smallest absolute Gasteiger partial charge is 0.240 e. The second kappa shape index (κ2) is 7.76. The summed E-state index contributed by atoms with van der Waals surface area (Å²) in [6.45, 7) is 7.65. The van der Waals surface area contributed by atoms with Gasteiger partial charge < -0.3 is 14.4 Å². The fraction of sp³-hybridized carbons (Fsp3) is 0.600. The third-order valence-electron chi connectivity index (χ3n) is 5.13. The van der Waals surface area contributed by atoms with Gasteiger partial charge in [0, 0.05) is 12.5 Å². The van der Waals surface area contributed by atoms with E-state index in [1.165, 1.54) is 0 Å². The van der Waals surface area contributed by atoms with Gasteiger partial charge in [-0.1, -0.05) is 31.1 Å². The van der Waals surface area contributed by atoms with Crippen LogP contribution in [0.1, 0.15) is 50.9 Å². The summed E-state index contributed by atoms with van der Waals surface area (Å²) in [6.07, 6.45) is 2.80. The summed E-state index contributed by atoms with van der Waals surface area (Å²) in [7, 11) is 1.64. The van der Waals surface area contributed by atoms with Crippen molar-refractivity contribution in [1.82, 2.24) is 15.0 Å². The van der Waals surface area contributed by atoms with Gasteiger partial charge in [-0.2, -0.15) is 4.98 Å². The lowest BCUT2D eigenvalue weighted by atomic mass is 9.86. The maximum absolute atomic E-state index is 11.3. The maximum atomic E-state index is 11.3. The van der Waals surface area contributed by atoms with E-state index in [0.717, 1.165) is 42.9 Å². The number of aliphatic hydroxyl groups is 1. The van der Waals surface area contributed by atoms with Gasteiger partial charge in [-0.3, -0.25) is 4.90 Å². The first-order valence-electron chi connectivity index (χ1n) is 9.32. The molecule has 2 atom stereocenters. The number of hydrogen-bond acceptors (Lipinski definition) is 6. The van der Waals surface area contributed by atoms with E-state index < -0.39 is 5.60 Å². The topological polar surface area (TPSA) is 71.6 Å². The average molecular weight is 359 g/mol. The van der Waals surface area contributed by atoms with Gasteiger partial charge in [0.05, 0.1) is 13.7 Å². The number of benzene rings is 1. The van der Waals surface area contributed by atoms with E-state index in [1.807, 2.05) is 31.2 Å². The van der Waals surface area contributed by atoms with Crippen molar-refractivity contribution in [2.45, 2.75) is 58.2 Å². The van der Waals surface area contributed by atoms with Crippen molar-refractivity contribution in [2.24, 2.45) is 5.92 Å². The maximum Gasteiger partial charge on any atom is 0.240 e. The standard InChI is InChI=1S/C20H29N3O3/c1-14(2)12-18-21-19(26-22-18)13-23-11-5-6-17(23)20(3,24)15-7-9-16(25-4)10-8-15/h7-10,14,17,24H,5-6,11-13H2,1-4H3/t17-,20-/m0/s1. The number of rotatable bonds is 7.